The van der Waals surface area contributed by atoms with Gasteiger partial charge in [-0.25, -0.2) is 4.79 Å². The normalized spacial score (nSPS) is 25.9. The second-order valence-corrected chi connectivity index (χ2v) is 10.7. The van der Waals surface area contributed by atoms with Crippen molar-refractivity contribution in [2.75, 3.05) is 32.2 Å². The Labute approximate surface area is 196 Å². The van der Waals surface area contributed by atoms with Gasteiger partial charge in [-0.15, -0.1) is 0 Å². The van der Waals surface area contributed by atoms with Crippen LogP contribution >= 0.6 is 11.8 Å². The van der Waals surface area contributed by atoms with Gasteiger partial charge in [-0.3, -0.25) is 14.5 Å². The average molecular weight is 472 g/mol. The average Bonchev–Trinajstić information content (AvgIpc) is 3.39. The highest BCUT2D eigenvalue weighted by atomic mass is 32.2. The van der Waals surface area contributed by atoms with Gasteiger partial charge in [0.05, 0.1) is 13.2 Å². The lowest BCUT2D eigenvalue weighted by Crippen LogP contribution is -2.60. The molecule has 0 aromatic carbocycles. The summed E-state index contributed by atoms with van der Waals surface area (Å²) in [5.41, 5.74) is -0.610. The molecule has 2 saturated heterocycles. The number of rotatable bonds is 10. The van der Waals surface area contributed by atoms with Crippen molar-refractivity contribution in [3.05, 3.63) is 0 Å². The molecule has 0 saturated carbocycles. The zero-order chi connectivity index (χ0) is 23.9. The highest BCUT2D eigenvalue weighted by Crippen LogP contribution is 2.31. The highest BCUT2D eigenvalue weighted by molar-refractivity contribution is 7.98. The smallest absolute Gasteiger partial charge is 0.328 e. The molecule has 9 heteroatoms. The van der Waals surface area contributed by atoms with Crippen LogP contribution < -0.4 is 10.6 Å². The maximum Gasteiger partial charge on any atom is 0.328 e. The van der Waals surface area contributed by atoms with E-state index in [1.54, 1.807) is 11.8 Å². The van der Waals surface area contributed by atoms with Gasteiger partial charge in [-0.2, -0.15) is 11.8 Å². The van der Waals surface area contributed by atoms with Crippen LogP contribution in [0.5, 0.6) is 0 Å². The Morgan fingerprint density at radius 3 is 2.53 bits per heavy atom. The van der Waals surface area contributed by atoms with Crippen molar-refractivity contribution < 1.29 is 23.9 Å². The van der Waals surface area contributed by atoms with Gasteiger partial charge in [0.1, 0.15) is 17.7 Å². The number of carbonyl (C=O) groups excluding carboxylic acids is 3. The van der Waals surface area contributed by atoms with Gasteiger partial charge in [0, 0.05) is 6.04 Å². The fourth-order valence-corrected chi connectivity index (χ4v) is 5.23. The number of amides is 1. The van der Waals surface area contributed by atoms with Crippen molar-refractivity contribution >= 4 is 29.6 Å². The van der Waals surface area contributed by atoms with Crippen LogP contribution in [-0.4, -0.2) is 84.7 Å². The van der Waals surface area contributed by atoms with Crippen molar-refractivity contribution in [3.63, 3.8) is 0 Å². The van der Waals surface area contributed by atoms with E-state index in [4.69, 9.17) is 9.47 Å². The molecule has 1 amide bonds. The van der Waals surface area contributed by atoms with Gasteiger partial charge in [0.2, 0.25) is 5.91 Å². The van der Waals surface area contributed by atoms with E-state index < -0.39 is 29.7 Å². The number of carbonyl (C=O) groups is 3. The first kappa shape index (κ1) is 26.9. The molecule has 0 aliphatic carbocycles. The number of likely N-dealkylation sites (tertiary alicyclic amines) is 1. The molecule has 0 bridgehead atoms. The second-order valence-electron chi connectivity index (χ2n) is 9.68. The van der Waals surface area contributed by atoms with E-state index in [0.717, 1.165) is 31.6 Å². The zero-order valence-electron chi connectivity index (χ0n) is 20.4. The summed E-state index contributed by atoms with van der Waals surface area (Å²) in [6.45, 7) is 9.22. The van der Waals surface area contributed by atoms with Gasteiger partial charge in [0.25, 0.3) is 0 Å². The second kappa shape index (κ2) is 12.2. The SMILES string of the molecule is CC[C@H]1CCN[C@@H]1C(C(=O)OC(C)(C)C)N1CCC[C@H]1C(=O)N[C@@H](CCSC)C(=O)OC. The Morgan fingerprint density at radius 1 is 1.22 bits per heavy atom. The minimum Gasteiger partial charge on any atom is -0.467 e. The quantitative estimate of drug-likeness (QED) is 0.467. The van der Waals surface area contributed by atoms with Crippen LogP contribution in [0.1, 0.15) is 59.8 Å². The van der Waals surface area contributed by atoms with Gasteiger partial charge in [0.15, 0.2) is 0 Å². The van der Waals surface area contributed by atoms with Crippen molar-refractivity contribution in [3.8, 4) is 0 Å². The summed E-state index contributed by atoms with van der Waals surface area (Å²) in [4.78, 5) is 40.8. The van der Waals surface area contributed by atoms with Crippen LogP contribution in [0.25, 0.3) is 0 Å². The van der Waals surface area contributed by atoms with Gasteiger partial charge in [-0.1, -0.05) is 13.3 Å². The van der Waals surface area contributed by atoms with Crippen LogP contribution in [0.2, 0.25) is 0 Å². The Morgan fingerprint density at radius 2 is 1.94 bits per heavy atom. The van der Waals surface area contributed by atoms with Crippen LogP contribution in [0.15, 0.2) is 0 Å². The minimum absolute atomic E-state index is 0.0591. The molecule has 2 aliphatic heterocycles. The Bertz CT molecular complexity index is 654. The summed E-state index contributed by atoms with van der Waals surface area (Å²) in [5, 5.41) is 6.40. The standard InChI is InChI=1S/C23H41N3O5S/c1-7-15-10-12-24-18(15)19(22(29)31-23(2,3)4)26-13-8-9-17(26)20(27)25-16(11-14-32-6)21(28)30-5/h15-19,24H,7-14H2,1-6H3,(H,25,27)/t15-,16-,17-,18-,19?/m0/s1. The van der Waals surface area contributed by atoms with Gasteiger partial charge in [-0.05, 0) is 77.5 Å². The Balaban J connectivity index is 2.25. The molecular formula is C23H41N3O5S. The first-order valence-corrected chi connectivity index (χ1v) is 13.1. The van der Waals surface area contributed by atoms with Crippen LogP contribution in [0, 0.1) is 5.92 Å². The maximum absolute atomic E-state index is 13.4. The first-order chi connectivity index (χ1) is 15.1. The number of hydrogen-bond donors (Lipinski definition) is 2. The lowest BCUT2D eigenvalue weighted by molar-refractivity contribution is -0.164. The van der Waals surface area contributed by atoms with Crippen LogP contribution in [0.4, 0.5) is 0 Å². The molecular weight excluding hydrogens is 430 g/mol. The fourth-order valence-electron chi connectivity index (χ4n) is 4.76. The molecule has 8 nitrogen and oxygen atoms in total. The van der Waals surface area contributed by atoms with Crippen molar-refractivity contribution in [1.82, 2.24) is 15.5 Å². The van der Waals surface area contributed by atoms with E-state index in [0.29, 0.717) is 25.3 Å². The number of hydrogen-bond acceptors (Lipinski definition) is 8. The molecule has 0 spiro atoms. The molecule has 2 rings (SSSR count). The molecule has 32 heavy (non-hydrogen) atoms. The van der Waals surface area contributed by atoms with E-state index in [-0.39, 0.29) is 17.9 Å². The summed E-state index contributed by atoms with van der Waals surface area (Å²) < 4.78 is 10.7. The third-order valence-electron chi connectivity index (χ3n) is 6.28. The molecule has 2 aliphatic rings. The van der Waals surface area contributed by atoms with E-state index in [1.165, 1.54) is 7.11 Å². The van der Waals surface area contributed by atoms with Crippen LogP contribution in [-0.2, 0) is 23.9 Å². The monoisotopic (exact) mass is 471 g/mol. The first-order valence-electron chi connectivity index (χ1n) is 11.7. The maximum atomic E-state index is 13.4. The third kappa shape index (κ3) is 7.09. The number of nitrogens with one attached hydrogen (secondary N) is 2. The van der Waals surface area contributed by atoms with E-state index in [2.05, 4.69) is 17.6 Å². The molecule has 5 atom stereocenters. The lowest BCUT2D eigenvalue weighted by Gasteiger charge is -2.38. The Hall–Kier alpha value is -1.32. The van der Waals surface area contributed by atoms with E-state index >= 15 is 0 Å². The van der Waals surface area contributed by atoms with Crippen molar-refractivity contribution in [2.24, 2.45) is 5.92 Å². The highest BCUT2D eigenvalue weighted by Gasteiger charge is 2.47. The molecule has 2 fully saturated rings. The summed E-state index contributed by atoms with van der Waals surface area (Å²) in [6.07, 6.45) is 5.88. The summed E-state index contributed by atoms with van der Waals surface area (Å²) in [7, 11) is 1.33. The molecule has 184 valence electrons. The number of thioether (sulfide) groups is 1. The van der Waals surface area contributed by atoms with Crippen LogP contribution in [0.3, 0.4) is 0 Å². The van der Waals surface area contributed by atoms with Crippen molar-refractivity contribution in [1.29, 1.82) is 0 Å². The lowest BCUT2D eigenvalue weighted by atomic mass is 9.90. The molecule has 2 heterocycles. The van der Waals surface area contributed by atoms with Gasteiger partial charge < -0.3 is 20.1 Å². The van der Waals surface area contributed by atoms with Gasteiger partial charge >= 0.3 is 11.9 Å². The fraction of sp³-hybridized carbons (Fsp3) is 0.870. The molecule has 0 aromatic rings. The number of ether oxygens (including phenoxy) is 2. The molecule has 1 unspecified atom stereocenters. The zero-order valence-corrected chi connectivity index (χ0v) is 21.3. The largest absolute Gasteiger partial charge is 0.467 e. The Kier molecular flexibility index (Phi) is 10.3. The summed E-state index contributed by atoms with van der Waals surface area (Å²) in [5.74, 6) is 0.130. The minimum atomic E-state index is -0.685. The van der Waals surface area contributed by atoms with E-state index in [1.807, 2.05) is 31.9 Å². The number of nitrogens with zero attached hydrogens (tertiary/aromatic N) is 1. The summed E-state index contributed by atoms with van der Waals surface area (Å²) >= 11 is 1.61. The van der Waals surface area contributed by atoms with Crippen molar-refractivity contribution in [2.45, 2.75) is 89.6 Å². The predicted octanol–water partition coefficient (Wildman–Crippen LogP) is 1.96. The molecule has 2 N–H and O–H groups in total. The van der Waals surface area contributed by atoms with E-state index in [9.17, 15) is 14.4 Å². The number of methoxy groups -OCH3 is 1. The predicted molar refractivity (Wildman–Crippen MR) is 126 cm³/mol. The topological polar surface area (TPSA) is 97.0 Å². The molecule has 0 radical (unpaired) electrons. The number of esters is 2. The third-order valence-corrected chi connectivity index (χ3v) is 6.93. The molecule has 0 aromatic heterocycles. The summed E-state index contributed by atoms with van der Waals surface area (Å²) in [6, 6.07) is -1.76.